The minimum atomic E-state index is 0.473. The van der Waals surface area contributed by atoms with Gasteiger partial charge in [0.15, 0.2) is 5.69 Å². The summed E-state index contributed by atoms with van der Waals surface area (Å²) >= 11 is 0. The molecule has 7 nitrogen and oxygen atoms in total. The zero-order valence-electron chi connectivity index (χ0n) is 13.5. The van der Waals surface area contributed by atoms with Crippen LogP contribution in [0.4, 0.5) is 0 Å². The van der Waals surface area contributed by atoms with Crippen molar-refractivity contribution >= 4 is 0 Å². The molecular weight excluding hydrogens is 316 g/mol. The van der Waals surface area contributed by atoms with Crippen molar-refractivity contribution in [2.45, 2.75) is 25.7 Å². The quantitative estimate of drug-likeness (QED) is 0.599. The van der Waals surface area contributed by atoms with Gasteiger partial charge in [0.25, 0.3) is 5.89 Å². The summed E-state index contributed by atoms with van der Waals surface area (Å²) in [5, 5.41) is 18.6. The molecule has 0 bridgehead atoms. The topological polar surface area (TPSA) is 96.3 Å². The van der Waals surface area contributed by atoms with E-state index in [1.807, 2.05) is 30.3 Å². The largest absolute Gasteiger partial charge is 0.332 e. The normalized spacial score (nSPS) is 13.8. The molecule has 2 N–H and O–H groups in total. The second kappa shape index (κ2) is 5.70. The minimum absolute atomic E-state index is 0.473. The molecule has 5 rings (SSSR count). The average molecular weight is 332 g/mol. The van der Waals surface area contributed by atoms with E-state index in [1.54, 1.807) is 6.20 Å². The summed E-state index contributed by atoms with van der Waals surface area (Å²) in [5.74, 6) is 1.03. The molecule has 3 aromatic heterocycles. The van der Waals surface area contributed by atoms with Gasteiger partial charge >= 0.3 is 0 Å². The Balaban J connectivity index is 1.51. The second-order valence-electron chi connectivity index (χ2n) is 6.21. The zero-order valence-corrected chi connectivity index (χ0v) is 13.5. The summed E-state index contributed by atoms with van der Waals surface area (Å²) in [5.41, 5.74) is 6.07. The van der Waals surface area contributed by atoms with Gasteiger partial charge in [0.2, 0.25) is 5.82 Å². The first-order chi connectivity index (χ1) is 12.4. The lowest BCUT2D eigenvalue weighted by molar-refractivity contribution is 0.430. The van der Waals surface area contributed by atoms with E-state index in [2.05, 4.69) is 30.5 Å². The van der Waals surface area contributed by atoms with Crippen LogP contribution in [0.15, 0.2) is 41.1 Å². The molecule has 0 amide bonds. The maximum atomic E-state index is 5.50. The molecule has 1 aromatic carbocycles. The first kappa shape index (κ1) is 14.2. The van der Waals surface area contributed by atoms with Gasteiger partial charge in [0.1, 0.15) is 0 Å². The highest BCUT2D eigenvalue weighted by molar-refractivity contribution is 5.68. The fourth-order valence-corrected chi connectivity index (χ4v) is 3.34. The summed E-state index contributed by atoms with van der Waals surface area (Å²) < 4.78 is 5.50. The van der Waals surface area contributed by atoms with Gasteiger partial charge in [-0.15, -0.1) is 0 Å². The molecule has 0 saturated carbocycles. The van der Waals surface area contributed by atoms with Crippen LogP contribution in [0.25, 0.3) is 34.2 Å². The number of aryl methyl sites for hydroxylation is 1. The highest BCUT2D eigenvalue weighted by atomic mass is 16.5. The summed E-state index contributed by atoms with van der Waals surface area (Å²) in [6.07, 6.45) is 6.15. The standard InChI is InChI=1S/C18H16N6O/c1-2-7-15-13(6-1)16(23-22-15)18-20-17(24-25-18)12-5-3-4-11(10-12)14-8-9-19-21-14/h3-5,8-10H,1-2,6-7H2,(H,19,21)(H,22,23). The van der Waals surface area contributed by atoms with Crippen molar-refractivity contribution in [2.24, 2.45) is 0 Å². The summed E-state index contributed by atoms with van der Waals surface area (Å²) in [4.78, 5) is 4.57. The smallest absolute Gasteiger partial charge is 0.279 e. The Morgan fingerprint density at radius 2 is 1.92 bits per heavy atom. The molecule has 7 heteroatoms. The van der Waals surface area contributed by atoms with Gasteiger partial charge in [0.05, 0.1) is 5.69 Å². The number of H-pyrrole nitrogens is 2. The van der Waals surface area contributed by atoms with E-state index < -0.39 is 0 Å². The van der Waals surface area contributed by atoms with Crippen LogP contribution in [-0.4, -0.2) is 30.5 Å². The van der Waals surface area contributed by atoms with Gasteiger partial charge in [-0.05, 0) is 37.8 Å². The van der Waals surface area contributed by atoms with E-state index in [-0.39, 0.29) is 0 Å². The molecule has 0 saturated heterocycles. The fraction of sp³-hybridized carbons (Fsp3) is 0.222. The highest BCUT2D eigenvalue weighted by Gasteiger charge is 2.22. The lowest BCUT2D eigenvalue weighted by Crippen LogP contribution is -2.01. The summed E-state index contributed by atoms with van der Waals surface area (Å²) in [6, 6.07) is 9.90. The van der Waals surface area contributed by atoms with Gasteiger partial charge in [-0.1, -0.05) is 23.4 Å². The number of hydrogen-bond donors (Lipinski definition) is 2. The molecule has 4 aromatic rings. The van der Waals surface area contributed by atoms with Crippen molar-refractivity contribution in [1.82, 2.24) is 30.5 Å². The molecule has 1 aliphatic rings. The van der Waals surface area contributed by atoms with Crippen LogP contribution in [0, 0.1) is 0 Å². The maximum Gasteiger partial charge on any atom is 0.279 e. The number of nitrogens with one attached hydrogen (secondary N) is 2. The van der Waals surface area contributed by atoms with Crippen LogP contribution in [0.1, 0.15) is 24.1 Å². The molecule has 0 aliphatic heterocycles. The lowest BCUT2D eigenvalue weighted by Gasteiger charge is -2.09. The van der Waals surface area contributed by atoms with E-state index in [1.165, 1.54) is 24.1 Å². The number of fused-ring (bicyclic) bond motifs is 1. The fourth-order valence-electron chi connectivity index (χ4n) is 3.34. The van der Waals surface area contributed by atoms with Crippen molar-refractivity contribution in [3.05, 3.63) is 47.8 Å². The summed E-state index contributed by atoms with van der Waals surface area (Å²) in [7, 11) is 0. The number of aromatic nitrogens is 6. The molecule has 0 unspecified atom stereocenters. The third-order valence-corrected chi connectivity index (χ3v) is 4.62. The van der Waals surface area contributed by atoms with E-state index >= 15 is 0 Å². The van der Waals surface area contributed by atoms with Crippen molar-refractivity contribution in [3.63, 3.8) is 0 Å². The van der Waals surface area contributed by atoms with E-state index in [9.17, 15) is 0 Å². The Labute approximate surface area is 143 Å². The predicted octanol–water partition coefficient (Wildman–Crippen LogP) is 3.40. The number of benzene rings is 1. The van der Waals surface area contributed by atoms with E-state index in [0.717, 1.165) is 35.4 Å². The third-order valence-electron chi connectivity index (χ3n) is 4.62. The second-order valence-corrected chi connectivity index (χ2v) is 6.21. The number of rotatable bonds is 3. The van der Waals surface area contributed by atoms with Crippen LogP contribution >= 0.6 is 0 Å². The molecule has 0 spiro atoms. The van der Waals surface area contributed by atoms with E-state index in [4.69, 9.17) is 4.52 Å². The number of hydrogen-bond acceptors (Lipinski definition) is 5. The molecular formula is C18H16N6O. The van der Waals surface area contributed by atoms with Gasteiger partial charge in [-0.2, -0.15) is 15.2 Å². The van der Waals surface area contributed by atoms with Gasteiger partial charge in [-0.25, -0.2) is 0 Å². The minimum Gasteiger partial charge on any atom is -0.332 e. The molecule has 3 heterocycles. The molecule has 0 radical (unpaired) electrons. The van der Waals surface area contributed by atoms with Crippen LogP contribution in [0.2, 0.25) is 0 Å². The Morgan fingerprint density at radius 3 is 2.84 bits per heavy atom. The average Bonchev–Trinajstić information content (AvgIpc) is 3.40. The lowest BCUT2D eigenvalue weighted by atomic mass is 9.96. The van der Waals surface area contributed by atoms with Crippen molar-refractivity contribution in [3.8, 4) is 34.2 Å². The monoisotopic (exact) mass is 332 g/mol. The van der Waals surface area contributed by atoms with Crippen LogP contribution in [-0.2, 0) is 12.8 Å². The summed E-state index contributed by atoms with van der Waals surface area (Å²) in [6.45, 7) is 0. The Bertz CT molecular complexity index is 1010. The Hall–Kier alpha value is -3.22. The maximum absolute atomic E-state index is 5.50. The third kappa shape index (κ3) is 2.44. The Kier molecular flexibility index (Phi) is 3.22. The zero-order chi connectivity index (χ0) is 16.6. The van der Waals surface area contributed by atoms with Crippen LogP contribution < -0.4 is 0 Å². The first-order valence-electron chi connectivity index (χ1n) is 8.39. The highest BCUT2D eigenvalue weighted by Crippen LogP contribution is 2.30. The van der Waals surface area contributed by atoms with Crippen LogP contribution in [0.3, 0.4) is 0 Å². The van der Waals surface area contributed by atoms with Gasteiger partial charge < -0.3 is 4.52 Å². The van der Waals surface area contributed by atoms with Crippen molar-refractivity contribution < 1.29 is 4.52 Å². The predicted molar refractivity (Wildman–Crippen MR) is 91.5 cm³/mol. The van der Waals surface area contributed by atoms with Crippen molar-refractivity contribution in [2.75, 3.05) is 0 Å². The molecule has 0 fully saturated rings. The molecule has 124 valence electrons. The SMILES string of the molecule is c1cc(-c2noc(-c3n[nH]c4c3CCCC4)n2)cc(-c2ccn[nH]2)c1. The molecule has 25 heavy (non-hydrogen) atoms. The first-order valence-corrected chi connectivity index (χ1v) is 8.39. The van der Waals surface area contributed by atoms with Crippen molar-refractivity contribution in [1.29, 1.82) is 0 Å². The number of aromatic amines is 2. The van der Waals surface area contributed by atoms with Gasteiger partial charge in [0, 0.05) is 28.6 Å². The number of nitrogens with zero attached hydrogens (tertiary/aromatic N) is 4. The van der Waals surface area contributed by atoms with E-state index in [0.29, 0.717) is 11.7 Å². The van der Waals surface area contributed by atoms with Crippen LogP contribution in [0.5, 0.6) is 0 Å². The van der Waals surface area contributed by atoms with Gasteiger partial charge in [-0.3, -0.25) is 10.2 Å². The Morgan fingerprint density at radius 1 is 1.00 bits per heavy atom. The molecule has 0 atom stereocenters. The molecule has 1 aliphatic carbocycles.